The van der Waals surface area contributed by atoms with E-state index in [-0.39, 0.29) is 11.3 Å². The van der Waals surface area contributed by atoms with Crippen LogP contribution in [0, 0.1) is 5.41 Å². The molecule has 188 valence electrons. The Balaban J connectivity index is 1.36. The molecule has 0 atom stereocenters. The normalized spacial score (nSPS) is 11.8. The highest BCUT2D eigenvalue weighted by molar-refractivity contribution is 5.99. The number of nitrogens with zero attached hydrogens (tertiary/aromatic N) is 5. The number of amides is 1. The number of anilines is 1. The minimum atomic E-state index is -0.101. The molecule has 6 aromatic rings. The van der Waals surface area contributed by atoms with Crippen LogP contribution in [-0.4, -0.2) is 41.0 Å². The maximum atomic E-state index is 12.4. The fourth-order valence-corrected chi connectivity index (χ4v) is 4.47. The van der Waals surface area contributed by atoms with Gasteiger partial charge in [0.1, 0.15) is 11.2 Å². The molecule has 0 bridgehead atoms. The molecule has 9 nitrogen and oxygen atoms in total. The van der Waals surface area contributed by atoms with Crippen LogP contribution in [0.1, 0.15) is 27.2 Å². The Morgan fingerprint density at radius 2 is 1.82 bits per heavy atom. The van der Waals surface area contributed by atoms with E-state index in [1.54, 1.807) is 24.8 Å². The molecule has 0 fully saturated rings. The molecule has 0 radical (unpaired) electrons. The number of carbonyl (C=O) groups excluding carboxylic acids is 1. The van der Waals surface area contributed by atoms with E-state index in [1.807, 2.05) is 69.3 Å². The van der Waals surface area contributed by atoms with Crippen LogP contribution < -0.4 is 5.32 Å². The van der Waals surface area contributed by atoms with Gasteiger partial charge in [0, 0.05) is 41.5 Å². The van der Waals surface area contributed by atoms with Crippen LogP contribution in [0.25, 0.3) is 56.0 Å². The zero-order valence-electron chi connectivity index (χ0n) is 21.3. The largest absolute Gasteiger partial charge is 0.353 e. The highest BCUT2D eigenvalue weighted by atomic mass is 16.1. The average Bonchev–Trinajstić information content (AvgIpc) is 3.51. The van der Waals surface area contributed by atoms with Crippen LogP contribution in [0.15, 0.2) is 73.3 Å². The van der Waals surface area contributed by atoms with E-state index in [1.165, 1.54) is 0 Å². The summed E-state index contributed by atoms with van der Waals surface area (Å²) in [7, 11) is 0. The molecule has 0 aromatic carbocycles. The summed E-state index contributed by atoms with van der Waals surface area (Å²) in [6.07, 6.45) is 7.33. The van der Waals surface area contributed by atoms with Crippen molar-refractivity contribution < 1.29 is 4.79 Å². The first-order chi connectivity index (χ1) is 18.3. The standard InChI is InChI=1S/C29H26N8O/c1-29(2,3)14-25(38)33-18-12-17(15-30-16-18)20-7-8-23-27(35-20)28(37-36-23)24-13-19-21(34-24)9-11-32-26(19)22-6-4-5-10-31-22/h4-13,15-16,34H,14H2,1-3H3,(H,33,38)(H,36,37). The van der Waals surface area contributed by atoms with Crippen molar-refractivity contribution in [2.24, 2.45) is 5.41 Å². The van der Waals surface area contributed by atoms with Gasteiger partial charge in [-0.2, -0.15) is 5.10 Å². The zero-order valence-corrected chi connectivity index (χ0v) is 21.3. The van der Waals surface area contributed by atoms with E-state index >= 15 is 0 Å². The quantitative estimate of drug-likeness (QED) is 0.265. The molecule has 1 amide bonds. The first kappa shape index (κ1) is 23.5. The lowest BCUT2D eigenvalue weighted by Gasteiger charge is -2.17. The number of carbonyl (C=O) groups is 1. The van der Waals surface area contributed by atoms with E-state index in [0.717, 1.165) is 50.3 Å². The molecule has 9 heteroatoms. The van der Waals surface area contributed by atoms with Gasteiger partial charge < -0.3 is 10.3 Å². The van der Waals surface area contributed by atoms with Crippen molar-refractivity contribution in [2.45, 2.75) is 27.2 Å². The molecule has 6 aromatic heterocycles. The van der Waals surface area contributed by atoms with Gasteiger partial charge in [0.15, 0.2) is 0 Å². The maximum Gasteiger partial charge on any atom is 0.224 e. The summed E-state index contributed by atoms with van der Waals surface area (Å²) in [5.41, 5.74) is 7.66. The number of hydrogen-bond donors (Lipinski definition) is 3. The Bertz CT molecular complexity index is 1780. The van der Waals surface area contributed by atoms with E-state index in [4.69, 9.17) is 4.98 Å². The monoisotopic (exact) mass is 502 g/mol. The second-order valence-electron chi connectivity index (χ2n) is 10.4. The fourth-order valence-electron chi connectivity index (χ4n) is 4.47. The van der Waals surface area contributed by atoms with Gasteiger partial charge in [0.25, 0.3) is 0 Å². The third-order valence-electron chi connectivity index (χ3n) is 6.13. The van der Waals surface area contributed by atoms with E-state index < -0.39 is 0 Å². The van der Waals surface area contributed by atoms with Crippen LogP contribution >= 0.6 is 0 Å². The molecule has 0 saturated carbocycles. The molecule has 0 spiro atoms. The number of hydrogen-bond acceptors (Lipinski definition) is 6. The average molecular weight is 503 g/mol. The van der Waals surface area contributed by atoms with Gasteiger partial charge in [-0.3, -0.25) is 24.8 Å². The highest BCUT2D eigenvalue weighted by Gasteiger charge is 2.18. The van der Waals surface area contributed by atoms with Crippen molar-refractivity contribution in [3.63, 3.8) is 0 Å². The molecule has 6 rings (SSSR count). The van der Waals surface area contributed by atoms with Crippen LogP contribution in [-0.2, 0) is 4.79 Å². The van der Waals surface area contributed by atoms with Gasteiger partial charge in [0.2, 0.25) is 5.91 Å². The molecule has 0 saturated heterocycles. The molecule has 3 N–H and O–H groups in total. The predicted molar refractivity (Wildman–Crippen MR) is 148 cm³/mol. The van der Waals surface area contributed by atoms with Gasteiger partial charge in [-0.1, -0.05) is 26.8 Å². The minimum absolute atomic E-state index is 0.0460. The first-order valence-electron chi connectivity index (χ1n) is 12.3. The molecule has 0 aliphatic heterocycles. The van der Waals surface area contributed by atoms with E-state index in [2.05, 4.69) is 35.5 Å². The Kier molecular flexibility index (Phi) is 5.68. The summed E-state index contributed by atoms with van der Waals surface area (Å²) in [5.74, 6) is -0.0460. The summed E-state index contributed by atoms with van der Waals surface area (Å²) in [5, 5.41) is 11.5. The van der Waals surface area contributed by atoms with Crippen molar-refractivity contribution in [2.75, 3.05) is 5.32 Å². The summed E-state index contributed by atoms with van der Waals surface area (Å²) in [6.45, 7) is 6.10. The molecular formula is C29H26N8O. The lowest BCUT2D eigenvalue weighted by molar-refractivity contribution is -0.117. The summed E-state index contributed by atoms with van der Waals surface area (Å²) in [6, 6.07) is 15.5. The zero-order chi connectivity index (χ0) is 26.3. The number of aromatic amines is 2. The third kappa shape index (κ3) is 4.61. The van der Waals surface area contributed by atoms with Crippen LogP contribution in [0.4, 0.5) is 5.69 Å². The van der Waals surface area contributed by atoms with Gasteiger partial charge in [-0.25, -0.2) is 4.98 Å². The van der Waals surface area contributed by atoms with Crippen molar-refractivity contribution in [1.82, 2.24) is 35.1 Å². The first-order valence-corrected chi connectivity index (χ1v) is 12.3. The van der Waals surface area contributed by atoms with Gasteiger partial charge in [0.05, 0.1) is 40.2 Å². The fraction of sp³-hybridized carbons (Fsp3) is 0.172. The summed E-state index contributed by atoms with van der Waals surface area (Å²) in [4.78, 5) is 34.2. The Morgan fingerprint density at radius 3 is 2.63 bits per heavy atom. The number of nitrogens with one attached hydrogen (secondary N) is 3. The molecular weight excluding hydrogens is 476 g/mol. The minimum Gasteiger partial charge on any atom is -0.353 e. The van der Waals surface area contributed by atoms with Crippen LogP contribution in [0.5, 0.6) is 0 Å². The van der Waals surface area contributed by atoms with Gasteiger partial charge in [-0.15, -0.1) is 0 Å². The summed E-state index contributed by atoms with van der Waals surface area (Å²) < 4.78 is 0. The van der Waals surface area contributed by atoms with E-state index in [9.17, 15) is 4.79 Å². The third-order valence-corrected chi connectivity index (χ3v) is 6.13. The predicted octanol–water partition coefficient (Wildman–Crippen LogP) is 6.00. The molecule has 0 unspecified atom stereocenters. The van der Waals surface area contributed by atoms with Crippen molar-refractivity contribution in [1.29, 1.82) is 0 Å². The topological polar surface area (TPSA) is 125 Å². The van der Waals surface area contributed by atoms with Gasteiger partial charge >= 0.3 is 0 Å². The number of H-pyrrole nitrogens is 2. The lowest BCUT2D eigenvalue weighted by atomic mass is 9.92. The van der Waals surface area contributed by atoms with Crippen molar-refractivity contribution in [3.8, 4) is 34.0 Å². The Hall–Kier alpha value is -4.92. The molecule has 6 heterocycles. The number of pyridine rings is 4. The Morgan fingerprint density at radius 1 is 0.921 bits per heavy atom. The smallest absolute Gasteiger partial charge is 0.224 e. The van der Waals surface area contributed by atoms with Crippen LogP contribution in [0.3, 0.4) is 0 Å². The SMILES string of the molecule is CC(C)(C)CC(=O)Nc1cncc(-c2ccc3[nH]nc(-c4cc5c(-c6ccccn6)nccc5[nH]4)c3n2)c1. The van der Waals surface area contributed by atoms with Crippen molar-refractivity contribution in [3.05, 3.63) is 73.3 Å². The number of rotatable bonds is 5. The second kappa shape index (κ2) is 9.19. The molecule has 0 aliphatic carbocycles. The molecule has 38 heavy (non-hydrogen) atoms. The lowest BCUT2D eigenvalue weighted by Crippen LogP contribution is -2.19. The number of aromatic nitrogens is 7. The number of fused-ring (bicyclic) bond motifs is 2. The second-order valence-corrected chi connectivity index (χ2v) is 10.4. The van der Waals surface area contributed by atoms with E-state index in [0.29, 0.717) is 17.8 Å². The van der Waals surface area contributed by atoms with Crippen molar-refractivity contribution >= 4 is 33.5 Å². The maximum absolute atomic E-state index is 12.4. The highest BCUT2D eigenvalue weighted by Crippen LogP contribution is 2.33. The Labute approximate surface area is 218 Å². The van der Waals surface area contributed by atoms with Crippen LogP contribution in [0.2, 0.25) is 0 Å². The summed E-state index contributed by atoms with van der Waals surface area (Å²) >= 11 is 0. The van der Waals surface area contributed by atoms with Gasteiger partial charge in [-0.05, 0) is 47.9 Å². The molecule has 0 aliphatic rings.